The highest BCUT2D eigenvalue weighted by Crippen LogP contribution is 2.45. The van der Waals surface area contributed by atoms with Gasteiger partial charge in [-0.15, -0.1) is 11.3 Å². The quantitative estimate of drug-likeness (QED) is 0.0675. The van der Waals surface area contributed by atoms with Gasteiger partial charge in [-0.05, 0) is 78.6 Å². The van der Waals surface area contributed by atoms with E-state index in [9.17, 15) is 37.1 Å². The number of amidine groups is 1. The third-order valence-corrected chi connectivity index (χ3v) is 16.2. The van der Waals surface area contributed by atoms with Crippen LogP contribution in [0.15, 0.2) is 86.9 Å². The van der Waals surface area contributed by atoms with Crippen molar-refractivity contribution in [3.63, 3.8) is 0 Å². The number of aromatic nitrogens is 5. The lowest BCUT2D eigenvalue weighted by Crippen LogP contribution is -2.51. The van der Waals surface area contributed by atoms with E-state index in [0.29, 0.717) is 58.8 Å². The molecule has 23 heteroatoms. The minimum Gasteiger partial charge on any atom is -0.476 e. The molecular formula is C54H56F2N10O9S2. The number of carbonyl (C=O) groups is 3. The van der Waals surface area contributed by atoms with Gasteiger partial charge in [0, 0.05) is 79.4 Å². The molecule has 4 atom stereocenters. The Morgan fingerprint density at radius 2 is 1.84 bits per heavy atom. The molecule has 3 aliphatic rings. The largest absolute Gasteiger partial charge is 0.476 e. The average molecular weight is 1090 g/mol. The number of thiazole rings is 1. The van der Waals surface area contributed by atoms with Crippen LogP contribution in [-0.2, 0) is 44.3 Å². The fourth-order valence-corrected chi connectivity index (χ4v) is 12.2. The number of benzene rings is 2. The Morgan fingerprint density at radius 3 is 2.56 bits per heavy atom. The molecule has 0 bridgehead atoms. The Hall–Kier alpha value is -7.63. The molecule has 7 aromatic rings. The van der Waals surface area contributed by atoms with Gasteiger partial charge in [-0.3, -0.25) is 19.2 Å². The van der Waals surface area contributed by atoms with E-state index in [1.54, 1.807) is 48.9 Å². The Bertz CT molecular complexity index is 3680. The number of hydrogen-bond donors (Lipinski definition) is 4. The monoisotopic (exact) mass is 1090 g/mol. The van der Waals surface area contributed by atoms with E-state index in [0.717, 1.165) is 28.6 Å². The lowest BCUT2D eigenvalue weighted by Gasteiger charge is -2.31. The summed E-state index contributed by atoms with van der Waals surface area (Å²) < 4.78 is 68.4. The number of hydrogen-bond acceptors (Lipinski definition) is 15. The number of aliphatic imine (C=N–C) groups is 1. The number of unbranched alkanes of at least 4 members (excludes halogenated alkanes) is 2. The van der Waals surface area contributed by atoms with Gasteiger partial charge in [-0.1, -0.05) is 38.1 Å². The highest BCUT2D eigenvalue weighted by molar-refractivity contribution is 7.89. The second-order valence-corrected chi connectivity index (χ2v) is 23.4. The van der Waals surface area contributed by atoms with Crippen molar-refractivity contribution in [3.05, 3.63) is 128 Å². The molecule has 3 unspecified atom stereocenters. The van der Waals surface area contributed by atoms with Crippen LogP contribution in [0.2, 0.25) is 0 Å². The maximum Gasteiger partial charge on any atom is 0.277 e. The third kappa shape index (κ3) is 10.3. The van der Waals surface area contributed by atoms with Gasteiger partial charge in [-0.25, -0.2) is 27.2 Å². The number of anilines is 2. The highest BCUT2D eigenvalue weighted by atomic mass is 32.2. The molecule has 0 aliphatic carbocycles. The van der Waals surface area contributed by atoms with Crippen molar-refractivity contribution in [1.29, 1.82) is 0 Å². The van der Waals surface area contributed by atoms with E-state index in [1.807, 2.05) is 45.0 Å². The number of aliphatic hydroxyl groups excluding tert-OH is 1. The SMILES string of the molecule is Cc1ncsc1-c1ccc(C2(C)NC(C3C[C@@H](O)CN3C(=O)C(c3cc(OCCCCCNC(=O)c4cc5c(cc4CS(C)(=O)=O)-c4cn(C)c(=O)c6[nH]cc(c46)CN5c4ncc(F)cc4F)no3)C(C)C)=NC2=O)cc1. The van der Waals surface area contributed by atoms with Gasteiger partial charge in [0.1, 0.15) is 28.6 Å². The molecule has 3 aliphatic heterocycles. The van der Waals surface area contributed by atoms with E-state index in [-0.39, 0.29) is 89.8 Å². The number of ether oxygens (including phenoxy) is 1. The molecule has 19 nitrogen and oxygen atoms in total. The summed E-state index contributed by atoms with van der Waals surface area (Å²) in [5.74, 6) is -4.24. The normalized spacial score (nSPS) is 18.6. The molecule has 0 radical (unpaired) electrons. The molecular weight excluding hydrogens is 1030 g/mol. The fourth-order valence-electron chi connectivity index (χ4n) is 10.5. The maximum atomic E-state index is 15.6. The molecule has 1 saturated heterocycles. The zero-order chi connectivity index (χ0) is 54.7. The first-order valence-corrected chi connectivity index (χ1v) is 28.0. The van der Waals surface area contributed by atoms with E-state index >= 15 is 4.39 Å². The van der Waals surface area contributed by atoms with E-state index in [4.69, 9.17) is 9.26 Å². The summed E-state index contributed by atoms with van der Waals surface area (Å²) >= 11 is 1.54. The number of amides is 3. The van der Waals surface area contributed by atoms with Gasteiger partial charge in [-0.2, -0.15) is 4.99 Å². The summed E-state index contributed by atoms with van der Waals surface area (Å²) in [7, 11) is -2.13. The van der Waals surface area contributed by atoms with Crippen LogP contribution in [0.4, 0.5) is 20.3 Å². The highest BCUT2D eigenvalue weighted by Gasteiger charge is 2.49. The number of aliphatic hydroxyl groups is 1. The van der Waals surface area contributed by atoms with Gasteiger partial charge in [0.2, 0.25) is 5.91 Å². The van der Waals surface area contributed by atoms with Gasteiger partial charge in [0.15, 0.2) is 27.2 Å². The van der Waals surface area contributed by atoms with Gasteiger partial charge >= 0.3 is 0 Å². The van der Waals surface area contributed by atoms with Crippen molar-refractivity contribution in [3.8, 4) is 27.4 Å². The summed E-state index contributed by atoms with van der Waals surface area (Å²) in [5.41, 5.74) is 5.20. The summed E-state index contributed by atoms with van der Waals surface area (Å²) in [5, 5.41) is 21.7. The number of aromatic amines is 1. The van der Waals surface area contributed by atoms with Crippen molar-refractivity contribution >= 4 is 67.1 Å². The number of pyridine rings is 2. The lowest BCUT2D eigenvalue weighted by atomic mass is 9.90. The van der Waals surface area contributed by atoms with Gasteiger partial charge < -0.3 is 44.4 Å². The number of rotatable bonds is 17. The van der Waals surface area contributed by atoms with Crippen molar-refractivity contribution in [2.24, 2.45) is 18.0 Å². The number of nitrogens with zero attached hydrogens (tertiary/aromatic N) is 7. The van der Waals surface area contributed by atoms with Crippen molar-refractivity contribution in [1.82, 2.24) is 40.2 Å². The van der Waals surface area contributed by atoms with Crippen LogP contribution >= 0.6 is 11.3 Å². The fraction of sp³-hybridized carbons (Fsp3) is 0.370. The number of β-amino-alcohol motifs (C(OH)–C–C–N with tert-alkyl or cyclic N) is 1. The first kappa shape index (κ1) is 52.8. The number of carbonyl (C=O) groups excluding carboxylic acids is 3. The van der Waals surface area contributed by atoms with Crippen molar-refractivity contribution < 1.29 is 45.9 Å². The summed E-state index contributed by atoms with van der Waals surface area (Å²) in [6, 6.07) is 12.3. The van der Waals surface area contributed by atoms with Gasteiger partial charge in [0.25, 0.3) is 23.3 Å². The molecule has 8 heterocycles. The Labute approximate surface area is 445 Å². The molecule has 0 saturated carbocycles. The minimum absolute atomic E-state index is 0.0259. The average Bonchev–Trinajstić information content (AvgIpc) is 4.34. The van der Waals surface area contributed by atoms with Crippen molar-refractivity contribution in [2.75, 3.05) is 30.9 Å². The number of likely N-dealkylation sites (tertiary alicyclic amines) is 1. The Morgan fingerprint density at radius 1 is 1.06 bits per heavy atom. The number of fused-ring (bicyclic) bond motifs is 2. The molecule has 0 spiro atoms. The summed E-state index contributed by atoms with van der Waals surface area (Å²) in [6.07, 6.45) is 6.12. The first-order valence-electron chi connectivity index (χ1n) is 25.1. The van der Waals surface area contributed by atoms with Gasteiger partial charge in [0.05, 0.1) is 59.0 Å². The summed E-state index contributed by atoms with van der Waals surface area (Å²) in [4.78, 5) is 75.2. The van der Waals surface area contributed by atoms with Crippen LogP contribution < -0.4 is 25.8 Å². The zero-order valence-electron chi connectivity index (χ0n) is 43.0. The smallest absolute Gasteiger partial charge is 0.277 e. The second kappa shape index (κ2) is 20.7. The van der Waals surface area contributed by atoms with Crippen LogP contribution in [0.25, 0.3) is 32.5 Å². The molecule has 5 aromatic heterocycles. The lowest BCUT2D eigenvalue weighted by molar-refractivity contribution is -0.134. The standard InChI is InChI=1S/C54H56F2N10O9S2/c1-28(2)44(51(69)66-24-35(67)18-41(66)48-61-53(71)54(4,62-48)33-12-10-30(11-13-33)47-29(3)60-27-76-47)42-20-43(63-75-42)74-15-9-7-8-14-57-50(68)36-19-40-37(16-31(36)26-77(6,72)73)38-25-64(5)52(70)46-45(38)32(21-58-46)23-65(40)49-39(56)17-34(55)22-59-49/h10-13,16-17,19-22,25,27-28,35,41,44,58,67H,7-9,14-15,18,23-24,26H2,1-6H3,(H,57,68)(H,61,62,71)/t35-,41?,44?,54?/m1/s1. The zero-order valence-corrected chi connectivity index (χ0v) is 44.7. The Balaban J connectivity index is 0.776. The predicted octanol–water partition coefficient (Wildman–Crippen LogP) is 6.95. The number of halogens is 2. The van der Waals surface area contributed by atoms with Crippen LogP contribution in [-0.4, -0.2) is 105 Å². The molecule has 3 amide bonds. The topological polar surface area (TPSA) is 247 Å². The van der Waals surface area contributed by atoms with Crippen LogP contribution in [0.1, 0.15) is 90.9 Å². The van der Waals surface area contributed by atoms with E-state index < -0.39 is 62.6 Å². The van der Waals surface area contributed by atoms with Crippen LogP contribution in [0, 0.1) is 24.5 Å². The maximum absolute atomic E-state index is 15.6. The van der Waals surface area contributed by atoms with Crippen LogP contribution in [0.3, 0.4) is 0 Å². The molecule has 10 rings (SSSR count). The minimum atomic E-state index is -3.70. The number of aryl methyl sites for hydroxylation is 2. The molecule has 2 aromatic carbocycles. The number of nitrogens with one attached hydrogen (secondary N) is 3. The second-order valence-electron chi connectivity index (χ2n) is 20.4. The summed E-state index contributed by atoms with van der Waals surface area (Å²) in [6.45, 7) is 7.87. The molecule has 4 N–H and O–H groups in total. The van der Waals surface area contributed by atoms with Crippen molar-refractivity contribution in [2.45, 2.75) is 89.3 Å². The third-order valence-electron chi connectivity index (χ3n) is 14.4. The molecule has 77 heavy (non-hydrogen) atoms. The van der Waals surface area contributed by atoms with Crippen LogP contribution in [0.5, 0.6) is 5.88 Å². The molecule has 1 fully saturated rings. The predicted molar refractivity (Wildman–Crippen MR) is 285 cm³/mol. The van der Waals surface area contributed by atoms with E-state index in [2.05, 4.69) is 35.7 Å². The number of H-pyrrole nitrogens is 1. The Kier molecular flexibility index (Phi) is 14.2. The first-order chi connectivity index (χ1) is 36.7. The number of sulfone groups is 1. The van der Waals surface area contributed by atoms with E-state index in [1.165, 1.54) is 26.9 Å². The molecule has 402 valence electrons.